The highest BCUT2D eigenvalue weighted by Crippen LogP contribution is 2.32. The topological polar surface area (TPSA) is 83.5 Å². The lowest BCUT2D eigenvalue weighted by Crippen LogP contribution is -2.28. The zero-order valence-corrected chi connectivity index (χ0v) is 11.9. The van der Waals surface area contributed by atoms with Gasteiger partial charge in [-0.2, -0.15) is 13.2 Å². The van der Waals surface area contributed by atoms with Crippen LogP contribution in [0.4, 0.5) is 13.2 Å². The van der Waals surface area contributed by atoms with Gasteiger partial charge in [0.05, 0.1) is 5.56 Å². The molecule has 0 amide bonds. The molecule has 2 aromatic heterocycles. The molecule has 3 aromatic rings. The van der Waals surface area contributed by atoms with E-state index >= 15 is 0 Å². The van der Waals surface area contributed by atoms with Crippen molar-refractivity contribution in [3.8, 4) is 0 Å². The van der Waals surface area contributed by atoms with Crippen molar-refractivity contribution in [2.24, 2.45) is 7.05 Å². The fourth-order valence-corrected chi connectivity index (χ4v) is 2.37. The first-order chi connectivity index (χ1) is 10.8. The third-order valence-corrected chi connectivity index (χ3v) is 3.48. The van der Waals surface area contributed by atoms with E-state index in [9.17, 15) is 22.8 Å². The highest BCUT2D eigenvalue weighted by Gasteiger charge is 2.33. The number of alkyl halides is 3. The third-order valence-electron chi connectivity index (χ3n) is 3.48. The van der Waals surface area contributed by atoms with Gasteiger partial charge in [0.25, 0.3) is 5.56 Å². The molecule has 0 saturated heterocycles. The Morgan fingerprint density at radius 1 is 1.17 bits per heavy atom. The molecule has 120 valence electrons. The molecule has 0 radical (unpaired) electrons. The van der Waals surface area contributed by atoms with Crippen molar-refractivity contribution in [3.63, 3.8) is 0 Å². The molecule has 0 bridgehead atoms. The quantitative estimate of drug-likeness (QED) is 0.750. The van der Waals surface area contributed by atoms with Gasteiger partial charge in [-0.25, -0.2) is 9.78 Å². The van der Waals surface area contributed by atoms with E-state index in [-0.39, 0.29) is 29.0 Å². The minimum atomic E-state index is -4.48. The lowest BCUT2D eigenvalue weighted by Gasteiger charge is -2.11. The minimum Gasteiger partial charge on any atom is -0.336 e. The summed E-state index contributed by atoms with van der Waals surface area (Å²) in [5.41, 5.74) is -1.89. The second-order valence-electron chi connectivity index (χ2n) is 5.03. The number of rotatable bonds is 2. The van der Waals surface area contributed by atoms with Crippen molar-refractivity contribution < 1.29 is 13.2 Å². The Kier molecular flexibility index (Phi) is 3.35. The van der Waals surface area contributed by atoms with Crippen molar-refractivity contribution in [2.45, 2.75) is 12.6 Å². The fourth-order valence-electron chi connectivity index (χ4n) is 2.37. The van der Waals surface area contributed by atoms with Crippen LogP contribution in [0, 0.1) is 0 Å². The Labute approximate surface area is 126 Å². The van der Waals surface area contributed by atoms with E-state index < -0.39 is 23.0 Å². The van der Waals surface area contributed by atoms with E-state index in [1.807, 2.05) is 0 Å². The van der Waals surface area contributed by atoms with Crippen molar-refractivity contribution in [1.29, 1.82) is 0 Å². The number of fused-ring (bicyclic) bond motifs is 1. The fraction of sp³-hybridized carbons (Fsp3) is 0.214. The van der Waals surface area contributed by atoms with Crippen LogP contribution in [-0.4, -0.2) is 19.5 Å². The highest BCUT2D eigenvalue weighted by atomic mass is 19.4. The average Bonchev–Trinajstić information content (AvgIpc) is 2.89. The number of H-pyrrole nitrogens is 2. The van der Waals surface area contributed by atoms with E-state index in [0.717, 1.165) is 10.6 Å². The number of aromatic nitrogens is 4. The molecule has 0 unspecified atom stereocenters. The monoisotopic (exact) mass is 324 g/mol. The van der Waals surface area contributed by atoms with Gasteiger partial charge in [0.15, 0.2) is 5.65 Å². The smallest absolute Gasteiger partial charge is 0.336 e. The summed E-state index contributed by atoms with van der Waals surface area (Å²) in [5, 5.41) is 0. The van der Waals surface area contributed by atoms with Crippen molar-refractivity contribution in [1.82, 2.24) is 19.5 Å². The number of hydrogen-bond acceptors (Lipinski definition) is 3. The molecular weight excluding hydrogens is 313 g/mol. The standard InChI is InChI=1S/C14H11F3N4O2/c1-21-11-10(12(22)20-13(21)23)18-9(19-11)6-7-4-2-3-5-8(7)14(15,16)17/h2-5H,6H2,1H3,(H,18,19)(H,20,22,23). The number of nitrogens with zero attached hydrogens (tertiary/aromatic N) is 2. The van der Waals surface area contributed by atoms with Crippen molar-refractivity contribution in [2.75, 3.05) is 0 Å². The summed E-state index contributed by atoms with van der Waals surface area (Å²) < 4.78 is 40.1. The highest BCUT2D eigenvalue weighted by molar-refractivity contribution is 5.69. The average molecular weight is 324 g/mol. The van der Waals surface area contributed by atoms with Gasteiger partial charge in [0.1, 0.15) is 11.3 Å². The van der Waals surface area contributed by atoms with E-state index in [0.29, 0.717) is 0 Å². The summed E-state index contributed by atoms with van der Waals surface area (Å²) in [4.78, 5) is 32.1. The van der Waals surface area contributed by atoms with Crippen LogP contribution in [-0.2, 0) is 19.6 Å². The van der Waals surface area contributed by atoms with Crippen molar-refractivity contribution in [3.05, 3.63) is 62.1 Å². The maximum Gasteiger partial charge on any atom is 0.416 e. The van der Waals surface area contributed by atoms with E-state index in [4.69, 9.17) is 0 Å². The first-order valence-corrected chi connectivity index (χ1v) is 6.60. The summed E-state index contributed by atoms with van der Waals surface area (Å²) in [5.74, 6) is 0.170. The SMILES string of the molecule is Cn1c(=O)[nH]c(=O)c2[nH]c(Cc3ccccc3C(F)(F)F)nc21. The maximum atomic E-state index is 13.0. The Morgan fingerprint density at radius 2 is 1.87 bits per heavy atom. The molecule has 2 heterocycles. The first kappa shape index (κ1) is 15.1. The van der Waals surface area contributed by atoms with Crippen LogP contribution in [0.15, 0.2) is 33.9 Å². The molecule has 9 heteroatoms. The number of aromatic amines is 2. The third kappa shape index (κ3) is 2.65. The van der Waals surface area contributed by atoms with Gasteiger partial charge in [-0.3, -0.25) is 14.3 Å². The van der Waals surface area contributed by atoms with Gasteiger partial charge in [-0.15, -0.1) is 0 Å². The molecule has 0 aliphatic carbocycles. The lowest BCUT2D eigenvalue weighted by atomic mass is 10.0. The van der Waals surface area contributed by atoms with Crippen molar-refractivity contribution >= 4 is 11.2 Å². The van der Waals surface area contributed by atoms with Crippen LogP contribution < -0.4 is 11.2 Å². The predicted molar refractivity (Wildman–Crippen MR) is 76.2 cm³/mol. The number of benzene rings is 1. The maximum absolute atomic E-state index is 13.0. The molecule has 0 fully saturated rings. The molecule has 0 atom stereocenters. The molecule has 0 spiro atoms. The van der Waals surface area contributed by atoms with E-state index in [1.54, 1.807) is 0 Å². The Morgan fingerprint density at radius 3 is 2.57 bits per heavy atom. The number of aryl methyl sites for hydroxylation is 1. The second kappa shape index (κ2) is 5.11. The van der Waals surface area contributed by atoms with Gasteiger partial charge in [0.2, 0.25) is 0 Å². The van der Waals surface area contributed by atoms with Crippen LogP contribution in [0.5, 0.6) is 0 Å². The number of imidazole rings is 1. The summed E-state index contributed by atoms with van der Waals surface area (Å²) in [6.45, 7) is 0. The van der Waals surface area contributed by atoms with Gasteiger partial charge >= 0.3 is 11.9 Å². The molecule has 0 aliphatic heterocycles. The Bertz CT molecular complexity index is 998. The molecule has 0 saturated carbocycles. The first-order valence-electron chi connectivity index (χ1n) is 6.60. The normalized spacial score (nSPS) is 12.0. The summed E-state index contributed by atoms with van der Waals surface area (Å²) in [6.07, 6.45) is -4.62. The summed E-state index contributed by atoms with van der Waals surface area (Å²) >= 11 is 0. The van der Waals surface area contributed by atoms with Crippen LogP contribution in [0.3, 0.4) is 0 Å². The molecule has 6 nitrogen and oxygen atoms in total. The molecule has 3 rings (SSSR count). The molecule has 0 aliphatic rings. The molecule has 23 heavy (non-hydrogen) atoms. The van der Waals surface area contributed by atoms with E-state index in [1.165, 1.54) is 25.2 Å². The minimum absolute atomic E-state index is 0.0282. The van der Waals surface area contributed by atoms with Crippen LogP contribution in [0.1, 0.15) is 17.0 Å². The second-order valence-corrected chi connectivity index (χ2v) is 5.03. The lowest BCUT2D eigenvalue weighted by molar-refractivity contribution is -0.138. The van der Waals surface area contributed by atoms with Crippen LogP contribution in [0.25, 0.3) is 11.2 Å². The molecule has 2 N–H and O–H groups in total. The Hall–Kier alpha value is -2.84. The number of hydrogen-bond donors (Lipinski definition) is 2. The zero-order valence-electron chi connectivity index (χ0n) is 11.9. The van der Waals surface area contributed by atoms with Gasteiger partial charge in [-0.1, -0.05) is 18.2 Å². The molecule has 1 aromatic carbocycles. The number of halogens is 3. The largest absolute Gasteiger partial charge is 0.416 e. The predicted octanol–water partition coefficient (Wildman–Crippen LogP) is 1.56. The van der Waals surface area contributed by atoms with Gasteiger partial charge in [-0.05, 0) is 11.6 Å². The summed E-state index contributed by atoms with van der Waals surface area (Å²) in [6, 6.07) is 5.13. The van der Waals surface area contributed by atoms with Gasteiger partial charge in [0, 0.05) is 13.5 Å². The van der Waals surface area contributed by atoms with Crippen LogP contribution in [0.2, 0.25) is 0 Å². The number of nitrogens with one attached hydrogen (secondary N) is 2. The van der Waals surface area contributed by atoms with Gasteiger partial charge < -0.3 is 4.98 Å². The van der Waals surface area contributed by atoms with Crippen LogP contribution >= 0.6 is 0 Å². The molecular formula is C14H11F3N4O2. The van der Waals surface area contributed by atoms with E-state index in [2.05, 4.69) is 15.0 Å². The Balaban J connectivity index is 2.11. The zero-order chi connectivity index (χ0) is 16.8. The summed E-state index contributed by atoms with van der Waals surface area (Å²) in [7, 11) is 1.41.